The van der Waals surface area contributed by atoms with E-state index < -0.39 is 12.1 Å². The number of nitrogens with zero attached hydrogens (tertiary/aromatic N) is 1. The maximum atomic E-state index is 12.2. The van der Waals surface area contributed by atoms with Gasteiger partial charge in [0, 0.05) is 17.8 Å². The maximum Gasteiger partial charge on any atom is 0.326 e. The van der Waals surface area contributed by atoms with Gasteiger partial charge < -0.3 is 14.0 Å². The lowest BCUT2D eigenvalue weighted by Gasteiger charge is -2.13. The Hall–Kier alpha value is -2.89. The summed E-state index contributed by atoms with van der Waals surface area (Å²) in [5, 5.41) is 0. The first-order chi connectivity index (χ1) is 11.0. The average Bonchev–Trinajstić information content (AvgIpc) is 2.56. The third-order valence-electron chi connectivity index (χ3n) is 3.25. The molecule has 0 aliphatic heterocycles. The highest BCUT2D eigenvalue weighted by molar-refractivity contribution is 6.00. The summed E-state index contributed by atoms with van der Waals surface area (Å²) >= 11 is 0. The van der Waals surface area contributed by atoms with Crippen molar-refractivity contribution in [3.8, 4) is 5.75 Å². The topological polar surface area (TPSA) is 74.6 Å². The predicted molar refractivity (Wildman–Crippen MR) is 83.6 cm³/mol. The highest BCUT2D eigenvalue weighted by Crippen LogP contribution is 2.13. The number of ether oxygens (including phenoxy) is 2. The number of methoxy groups -OCH3 is 1. The molecular formula is C17H17NO5. The summed E-state index contributed by atoms with van der Waals surface area (Å²) in [4.78, 5) is 35.6. The molecule has 0 radical (unpaired) electrons. The van der Waals surface area contributed by atoms with Crippen LogP contribution in [0.2, 0.25) is 0 Å². The van der Waals surface area contributed by atoms with Crippen LogP contribution in [0.1, 0.15) is 17.3 Å². The lowest BCUT2D eigenvalue weighted by atomic mass is 10.1. The van der Waals surface area contributed by atoms with Gasteiger partial charge >= 0.3 is 5.97 Å². The molecule has 0 N–H and O–H groups in total. The normalized spacial score (nSPS) is 11.6. The van der Waals surface area contributed by atoms with Gasteiger partial charge in [0.05, 0.1) is 7.11 Å². The average molecular weight is 315 g/mol. The summed E-state index contributed by atoms with van der Waals surface area (Å²) in [6, 6.07) is 11.1. The van der Waals surface area contributed by atoms with E-state index in [0.717, 1.165) is 0 Å². The molecule has 0 unspecified atom stereocenters. The Kier molecular flexibility index (Phi) is 5.30. The van der Waals surface area contributed by atoms with Crippen molar-refractivity contribution in [2.75, 3.05) is 7.11 Å². The van der Waals surface area contributed by atoms with Crippen molar-refractivity contribution in [2.45, 2.75) is 19.6 Å². The second-order valence-corrected chi connectivity index (χ2v) is 4.89. The van der Waals surface area contributed by atoms with Gasteiger partial charge in [-0.1, -0.05) is 6.07 Å². The van der Waals surface area contributed by atoms with Crippen molar-refractivity contribution in [2.24, 2.45) is 0 Å². The highest BCUT2D eigenvalue weighted by Gasteiger charge is 2.19. The molecule has 1 atom stereocenters. The number of ketones is 1. The Labute approximate surface area is 133 Å². The molecule has 2 rings (SSSR count). The summed E-state index contributed by atoms with van der Waals surface area (Å²) in [5.41, 5.74) is 0.113. The monoisotopic (exact) mass is 315 g/mol. The summed E-state index contributed by atoms with van der Waals surface area (Å²) in [6.45, 7) is 1.26. The molecule has 0 fully saturated rings. The largest absolute Gasteiger partial charge is 0.497 e. The Morgan fingerprint density at radius 1 is 1.13 bits per heavy atom. The van der Waals surface area contributed by atoms with E-state index in [1.54, 1.807) is 36.4 Å². The van der Waals surface area contributed by atoms with Crippen LogP contribution < -0.4 is 10.3 Å². The predicted octanol–water partition coefficient (Wildman–Crippen LogP) is 1.67. The van der Waals surface area contributed by atoms with Crippen LogP contribution in [-0.4, -0.2) is 29.5 Å². The smallest absolute Gasteiger partial charge is 0.326 e. The number of hydrogen-bond acceptors (Lipinski definition) is 5. The van der Waals surface area contributed by atoms with E-state index in [0.29, 0.717) is 11.3 Å². The van der Waals surface area contributed by atoms with E-state index in [1.165, 1.54) is 30.9 Å². The highest BCUT2D eigenvalue weighted by atomic mass is 16.5. The minimum atomic E-state index is -0.935. The van der Waals surface area contributed by atoms with Gasteiger partial charge in [-0.05, 0) is 37.3 Å². The molecule has 120 valence electrons. The number of carbonyl (C=O) groups excluding carboxylic acids is 2. The van der Waals surface area contributed by atoms with Crippen LogP contribution in [0.4, 0.5) is 0 Å². The van der Waals surface area contributed by atoms with E-state index in [2.05, 4.69) is 0 Å². The van der Waals surface area contributed by atoms with E-state index in [4.69, 9.17) is 9.47 Å². The van der Waals surface area contributed by atoms with E-state index in [-0.39, 0.29) is 17.9 Å². The molecular weight excluding hydrogens is 298 g/mol. The van der Waals surface area contributed by atoms with Gasteiger partial charge in [0.15, 0.2) is 6.10 Å². The third kappa shape index (κ3) is 4.29. The van der Waals surface area contributed by atoms with Crippen molar-refractivity contribution in [3.05, 3.63) is 64.6 Å². The molecule has 6 nitrogen and oxygen atoms in total. The van der Waals surface area contributed by atoms with Gasteiger partial charge in [-0.3, -0.25) is 14.4 Å². The van der Waals surface area contributed by atoms with Crippen LogP contribution in [0, 0.1) is 0 Å². The van der Waals surface area contributed by atoms with Gasteiger partial charge in [-0.2, -0.15) is 0 Å². The Morgan fingerprint density at radius 2 is 1.83 bits per heavy atom. The van der Waals surface area contributed by atoms with Crippen LogP contribution in [-0.2, 0) is 16.1 Å². The first kappa shape index (κ1) is 16.5. The van der Waals surface area contributed by atoms with Crippen LogP contribution in [0.3, 0.4) is 0 Å². The van der Waals surface area contributed by atoms with E-state index in [1.807, 2.05) is 0 Å². The van der Waals surface area contributed by atoms with Crippen molar-refractivity contribution >= 4 is 11.8 Å². The van der Waals surface area contributed by atoms with Crippen molar-refractivity contribution in [1.82, 2.24) is 4.57 Å². The third-order valence-corrected chi connectivity index (χ3v) is 3.25. The summed E-state index contributed by atoms with van der Waals surface area (Å²) in [7, 11) is 1.53. The molecule has 1 heterocycles. The summed E-state index contributed by atoms with van der Waals surface area (Å²) < 4.78 is 11.3. The first-order valence-corrected chi connectivity index (χ1v) is 7.04. The zero-order valence-corrected chi connectivity index (χ0v) is 12.9. The molecule has 0 saturated carbocycles. The second-order valence-electron chi connectivity index (χ2n) is 4.89. The standard InChI is InChI=1S/C17H17NO5/c1-12(17(21)13-6-8-14(22-2)9-7-13)23-16(20)11-18-10-4-3-5-15(18)19/h3-10,12H,11H2,1-2H3/t12-/m0/s1. The molecule has 6 heteroatoms. The summed E-state index contributed by atoms with van der Waals surface area (Å²) in [6.07, 6.45) is 0.551. The van der Waals surface area contributed by atoms with E-state index >= 15 is 0 Å². The second kappa shape index (κ2) is 7.40. The zero-order chi connectivity index (χ0) is 16.8. The molecule has 1 aromatic carbocycles. The van der Waals surface area contributed by atoms with Crippen molar-refractivity contribution in [1.29, 1.82) is 0 Å². The number of Topliss-reactive ketones (excluding diaryl/α,β-unsaturated/α-hetero) is 1. The molecule has 0 saturated heterocycles. The van der Waals surface area contributed by atoms with Crippen LogP contribution >= 0.6 is 0 Å². The Balaban J connectivity index is 1.98. The van der Waals surface area contributed by atoms with Gasteiger partial charge in [-0.15, -0.1) is 0 Å². The zero-order valence-electron chi connectivity index (χ0n) is 12.9. The van der Waals surface area contributed by atoms with Gasteiger partial charge in [-0.25, -0.2) is 0 Å². The lowest BCUT2D eigenvalue weighted by molar-refractivity contribution is -0.147. The molecule has 0 aliphatic carbocycles. The number of rotatable bonds is 6. The van der Waals surface area contributed by atoms with Crippen molar-refractivity contribution < 1.29 is 19.1 Å². The molecule has 0 amide bonds. The van der Waals surface area contributed by atoms with Crippen LogP contribution in [0.25, 0.3) is 0 Å². The van der Waals surface area contributed by atoms with E-state index in [9.17, 15) is 14.4 Å². The molecule has 0 bridgehead atoms. The fourth-order valence-electron chi connectivity index (χ4n) is 2.01. The quantitative estimate of drug-likeness (QED) is 0.599. The fraction of sp³-hybridized carbons (Fsp3) is 0.235. The number of carbonyl (C=O) groups is 2. The number of pyridine rings is 1. The van der Waals surface area contributed by atoms with Gasteiger partial charge in [0.1, 0.15) is 12.3 Å². The number of hydrogen-bond donors (Lipinski definition) is 0. The Morgan fingerprint density at radius 3 is 2.43 bits per heavy atom. The minimum Gasteiger partial charge on any atom is -0.497 e. The molecule has 1 aromatic heterocycles. The lowest BCUT2D eigenvalue weighted by Crippen LogP contribution is -2.29. The van der Waals surface area contributed by atoms with Crippen molar-refractivity contribution in [3.63, 3.8) is 0 Å². The van der Waals surface area contributed by atoms with Gasteiger partial charge in [0.2, 0.25) is 5.78 Å². The number of benzene rings is 1. The van der Waals surface area contributed by atoms with Crippen LogP contribution in [0.15, 0.2) is 53.5 Å². The summed E-state index contributed by atoms with van der Waals surface area (Å²) in [5.74, 6) is -0.330. The van der Waals surface area contributed by atoms with Gasteiger partial charge in [0.25, 0.3) is 5.56 Å². The molecule has 2 aromatic rings. The molecule has 0 spiro atoms. The first-order valence-electron chi connectivity index (χ1n) is 7.04. The fourth-order valence-corrected chi connectivity index (χ4v) is 2.01. The Bertz CT molecular complexity index is 748. The number of esters is 1. The van der Waals surface area contributed by atoms with Crippen LogP contribution in [0.5, 0.6) is 5.75 Å². The molecule has 0 aliphatic rings. The number of aromatic nitrogens is 1. The minimum absolute atomic E-state index is 0.236. The maximum absolute atomic E-state index is 12.2. The molecule has 23 heavy (non-hydrogen) atoms. The SMILES string of the molecule is COc1ccc(C(=O)[C@H](C)OC(=O)Cn2ccccc2=O)cc1.